The Morgan fingerprint density at radius 2 is 2.15 bits per heavy atom. The third-order valence-electron chi connectivity index (χ3n) is 3.47. The van der Waals surface area contributed by atoms with Gasteiger partial charge >= 0.3 is 5.97 Å². The minimum Gasteiger partial charge on any atom is -0.481 e. The monoisotopic (exact) mass is 280 g/mol. The number of aliphatic carboxylic acids is 1. The van der Waals surface area contributed by atoms with E-state index in [-0.39, 0.29) is 29.4 Å². The molecule has 0 amide bonds. The Labute approximate surface area is 113 Å². The molecule has 0 aliphatic heterocycles. The van der Waals surface area contributed by atoms with Crippen molar-refractivity contribution in [3.05, 3.63) is 39.3 Å². The number of carboxylic acids is 1. The van der Waals surface area contributed by atoms with Crippen LogP contribution in [0.5, 0.6) is 0 Å². The third-order valence-corrected chi connectivity index (χ3v) is 3.47. The zero-order valence-corrected chi connectivity index (χ0v) is 11.0. The normalized spacial score (nSPS) is 10.9. The highest BCUT2D eigenvalue weighted by Gasteiger charge is 2.23. The molecule has 1 aromatic heterocycles. The minimum atomic E-state index is -0.993. The molecule has 0 aliphatic carbocycles. The summed E-state index contributed by atoms with van der Waals surface area (Å²) in [5.41, 5.74) is 1.14. The van der Waals surface area contributed by atoms with Crippen molar-refractivity contribution in [3.8, 4) is 0 Å². The predicted octanol–water partition coefficient (Wildman–Crippen LogP) is 2.55. The number of fused-ring (bicyclic) bond motifs is 1. The average molecular weight is 280 g/mol. The van der Waals surface area contributed by atoms with Gasteiger partial charge in [-0.15, -0.1) is 0 Å². The quantitative estimate of drug-likeness (QED) is 0.689. The summed E-state index contributed by atoms with van der Waals surface area (Å²) in [5.74, 6) is -1.57. The SMILES string of the molecule is Cc1c(CCC(=O)O)c2c(F)ccc([N+](=O)[O-])c2n1C. The fourth-order valence-corrected chi connectivity index (χ4v) is 2.42. The standard InChI is InChI=1S/C13H13FN2O4/c1-7-8(3-6-11(17)18)12-9(14)4-5-10(16(19)20)13(12)15(7)2/h4-5H,3,6H2,1-2H3,(H,17,18). The first-order valence-electron chi connectivity index (χ1n) is 5.97. The van der Waals surface area contributed by atoms with E-state index in [1.807, 2.05) is 0 Å². The van der Waals surface area contributed by atoms with Crippen molar-refractivity contribution in [1.29, 1.82) is 0 Å². The van der Waals surface area contributed by atoms with Crippen LogP contribution in [0.4, 0.5) is 10.1 Å². The van der Waals surface area contributed by atoms with Gasteiger partial charge in [0.25, 0.3) is 5.69 Å². The van der Waals surface area contributed by atoms with Crippen molar-refractivity contribution < 1.29 is 19.2 Å². The van der Waals surface area contributed by atoms with Crippen molar-refractivity contribution in [3.63, 3.8) is 0 Å². The van der Waals surface area contributed by atoms with Crippen LogP contribution in [0.15, 0.2) is 12.1 Å². The molecule has 0 radical (unpaired) electrons. The van der Waals surface area contributed by atoms with E-state index in [1.165, 1.54) is 4.57 Å². The molecule has 0 saturated heterocycles. The zero-order valence-electron chi connectivity index (χ0n) is 11.0. The van der Waals surface area contributed by atoms with Gasteiger partial charge in [0.2, 0.25) is 0 Å². The molecule has 0 bridgehead atoms. The number of carboxylic acid groups (broad SMARTS) is 1. The topological polar surface area (TPSA) is 85.4 Å². The lowest BCUT2D eigenvalue weighted by atomic mass is 10.0. The van der Waals surface area contributed by atoms with E-state index in [4.69, 9.17) is 5.11 Å². The number of non-ortho nitro benzene ring substituents is 1. The van der Waals surface area contributed by atoms with Crippen LogP contribution in [-0.4, -0.2) is 20.6 Å². The van der Waals surface area contributed by atoms with Crippen LogP contribution in [0.3, 0.4) is 0 Å². The fourth-order valence-electron chi connectivity index (χ4n) is 2.42. The molecule has 2 aromatic rings. The molecule has 0 atom stereocenters. The largest absolute Gasteiger partial charge is 0.481 e. The molecular weight excluding hydrogens is 267 g/mol. The first-order chi connectivity index (χ1) is 9.34. The summed E-state index contributed by atoms with van der Waals surface area (Å²) in [5, 5.41) is 19.9. The Balaban J connectivity index is 2.76. The molecule has 1 aromatic carbocycles. The summed E-state index contributed by atoms with van der Waals surface area (Å²) in [6.07, 6.45) is -0.0152. The fraction of sp³-hybridized carbons (Fsp3) is 0.308. The van der Waals surface area contributed by atoms with E-state index in [9.17, 15) is 19.3 Å². The summed E-state index contributed by atoms with van der Waals surface area (Å²) >= 11 is 0. The molecule has 106 valence electrons. The maximum absolute atomic E-state index is 14.0. The molecule has 0 saturated carbocycles. The second-order valence-electron chi connectivity index (χ2n) is 4.56. The van der Waals surface area contributed by atoms with Crippen molar-refractivity contribution in [1.82, 2.24) is 4.57 Å². The number of benzene rings is 1. The molecule has 6 nitrogen and oxygen atoms in total. The van der Waals surface area contributed by atoms with Crippen LogP contribution in [0.1, 0.15) is 17.7 Å². The van der Waals surface area contributed by atoms with E-state index in [0.717, 1.165) is 12.1 Å². The van der Waals surface area contributed by atoms with Crippen molar-refractivity contribution >= 4 is 22.6 Å². The molecule has 0 fully saturated rings. The Morgan fingerprint density at radius 3 is 2.70 bits per heavy atom. The molecule has 1 N–H and O–H groups in total. The lowest BCUT2D eigenvalue weighted by Gasteiger charge is -2.00. The number of hydrogen-bond donors (Lipinski definition) is 1. The first kappa shape index (κ1) is 14.0. The van der Waals surface area contributed by atoms with Crippen LogP contribution in [0, 0.1) is 22.9 Å². The van der Waals surface area contributed by atoms with E-state index in [0.29, 0.717) is 11.3 Å². The van der Waals surface area contributed by atoms with Gasteiger partial charge in [-0.3, -0.25) is 14.9 Å². The van der Waals surface area contributed by atoms with Gasteiger partial charge in [0.05, 0.1) is 4.92 Å². The van der Waals surface area contributed by atoms with Crippen molar-refractivity contribution in [2.75, 3.05) is 0 Å². The van der Waals surface area contributed by atoms with E-state index in [2.05, 4.69) is 0 Å². The molecule has 0 spiro atoms. The molecule has 7 heteroatoms. The van der Waals surface area contributed by atoms with E-state index in [1.54, 1.807) is 14.0 Å². The highest BCUT2D eigenvalue weighted by atomic mass is 19.1. The number of aromatic nitrogens is 1. The second kappa shape index (κ2) is 4.92. The summed E-state index contributed by atoms with van der Waals surface area (Å²) in [6, 6.07) is 2.17. The van der Waals surface area contributed by atoms with Gasteiger partial charge < -0.3 is 9.67 Å². The van der Waals surface area contributed by atoms with Crippen LogP contribution in [0.25, 0.3) is 10.9 Å². The van der Waals surface area contributed by atoms with E-state index >= 15 is 0 Å². The summed E-state index contributed by atoms with van der Waals surface area (Å²) in [6.45, 7) is 1.69. The molecule has 20 heavy (non-hydrogen) atoms. The lowest BCUT2D eigenvalue weighted by Crippen LogP contribution is -1.99. The van der Waals surface area contributed by atoms with Gasteiger partial charge in [-0.1, -0.05) is 0 Å². The van der Waals surface area contributed by atoms with E-state index < -0.39 is 16.7 Å². The molecule has 0 unspecified atom stereocenters. The average Bonchev–Trinajstić information content (AvgIpc) is 2.62. The highest BCUT2D eigenvalue weighted by molar-refractivity contribution is 5.93. The molecular formula is C13H13FN2O4. The lowest BCUT2D eigenvalue weighted by molar-refractivity contribution is -0.383. The van der Waals surface area contributed by atoms with Crippen molar-refractivity contribution in [2.45, 2.75) is 19.8 Å². The third kappa shape index (κ3) is 2.11. The Morgan fingerprint density at radius 1 is 1.50 bits per heavy atom. The van der Waals surface area contributed by atoms with Crippen LogP contribution < -0.4 is 0 Å². The maximum Gasteiger partial charge on any atom is 0.303 e. The number of nitrogens with zero attached hydrogens (tertiary/aromatic N) is 2. The van der Waals surface area contributed by atoms with Gasteiger partial charge in [0.15, 0.2) is 0 Å². The number of halogens is 1. The van der Waals surface area contributed by atoms with Gasteiger partial charge in [0, 0.05) is 30.6 Å². The Bertz CT molecular complexity index is 721. The maximum atomic E-state index is 14.0. The molecule has 1 heterocycles. The molecule has 0 aliphatic rings. The van der Waals surface area contributed by atoms with Gasteiger partial charge in [-0.05, 0) is 25.0 Å². The second-order valence-corrected chi connectivity index (χ2v) is 4.56. The van der Waals surface area contributed by atoms with Crippen molar-refractivity contribution in [2.24, 2.45) is 7.05 Å². The van der Waals surface area contributed by atoms with Crippen LogP contribution >= 0.6 is 0 Å². The first-order valence-corrected chi connectivity index (χ1v) is 5.97. The summed E-state index contributed by atoms with van der Waals surface area (Å²) in [7, 11) is 1.61. The molecule has 2 rings (SSSR count). The van der Waals surface area contributed by atoms with Gasteiger partial charge in [-0.25, -0.2) is 4.39 Å². The Kier molecular flexibility index (Phi) is 3.44. The number of nitro groups is 1. The zero-order chi connectivity index (χ0) is 15.0. The number of carbonyl (C=O) groups is 1. The highest BCUT2D eigenvalue weighted by Crippen LogP contribution is 2.34. The number of rotatable bonds is 4. The van der Waals surface area contributed by atoms with Gasteiger partial charge in [0.1, 0.15) is 11.3 Å². The summed E-state index contributed by atoms with van der Waals surface area (Å²) < 4.78 is 15.6. The predicted molar refractivity (Wildman–Crippen MR) is 70.2 cm³/mol. The Hall–Kier alpha value is -2.44. The number of hydrogen-bond acceptors (Lipinski definition) is 3. The number of nitro benzene ring substituents is 1. The van der Waals surface area contributed by atoms with Gasteiger partial charge in [-0.2, -0.15) is 0 Å². The van der Waals surface area contributed by atoms with Crippen LogP contribution in [0.2, 0.25) is 0 Å². The van der Waals surface area contributed by atoms with Crippen LogP contribution in [-0.2, 0) is 18.3 Å². The smallest absolute Gasteiger partial charge is 0.303 e. The minimum absolute atomic E-state index is 0.136. The summed E-state index contributed by atoms with van der Waals surface area (Å²) in [4.78, 5) is 21.2. The number of aryl methyl sites for hydroxylation is 2.